The lowest BCUT2D eigenvalue weighted by atomic mass is 10.1. The van der Waals surface area contributed by atoms with E-state index in [1.54, 1.807) is 0 Å². The van der Waals surface area contributed by atoms with Crippen molar-refractivity contribution >= 4 is 13.0 Å². The smallest absolute Gasteiger partial charge is 0.283 e. The van der Waals surface area contributed by atoms with Crippen molar-refractivity contribution in [2.45, 2.75) is 19.3 Å². The molecule has 1 N–H and O–H groups in total. The largest absolute Gasteiger partial charge is 0.409 e. The van der Waals surface area contributed by atoms with Crippen LogP contribution >= 0.6 is 7.44 Å². The Morgan fingerprint density at radius 2 is 1.30 bits per heavy atom. The Hall–Kier alpha value is -0.660. The summed E-state index contributed by atoms with van der Waals surface area (Å²) in [6.07, 6.45) is 3.27. The van der Waals surface area contributed by atoms with Gasteiger partial charge in [0.1, 0.15) is 0 Å². The molecular weight excluding hydrogens is 319 g/mol. The fourth-order valence-electron chi connectivity index (χ4n) is 3.48. The van der Waals surface area contributed by atoms with Crippen LogP contribution < -0.4 is 0 Å². The van der Waals surface area contributed by atoms with Gasteiger partial charge in [-0.1, -0.05) is 5.16 Å². The molecule has 8 nitrogen and oxygen atoms in total. The normalized spacial score (nSPS) is 26.4. The van der Waals surface area contributed by atoms with Gasteiger partial charge in [0.2, 0.25) is 5.58 Å². The van der Waals surface area contributed by atoms with Crippen molar-refractivity contribution in [1.29, 1.82) is 0 Å². The van der Waals surface area contributed by atoms with Crippen LogP contribution in [0.15, 0.2) is 5.16 Å². The van der Waals surface area contributed by atoms with E-state index in [0.29, 0.717) is 58.2 Å². The zero-order valence-electron chi connectivity index (χ0n) is 13.6. The minimum Gasteiger partial charge on any atom is -0.409 e. The predicted molar refractivity (Wildman–Crippen MR) is 87.0 cm³/mol. The second kappa shape index (κ2) is 7.94. The van der Waals surface area contributed by atoms with E-state index in [4.69, 9.17) is 9.47 Å². The van der Waals surface area contributed by atoms with Crippen molar-refractivity contribution in [2.75, 3.05) is 65.7 Å². The molecule has 3 rings (SSSR count). The Morgan fingerprint density at radius 3 is 1.74 bits per heavy atom. The number of ether oxygens (including phenoxy) is 2. The van der Waals surface area contributed by atoms with E-state index in [2.05, 4.69) is 5.16 Å². The molecule has 3 fully saturated rings. The molecule has 0 unspecified atom stereocenters. The molecule has 0 bridgehead atoms. The van der Waals surface area contributed by atoms with Gasteiger partial charge >= 0.3 is 0 Å². The van der Waals surface area contributed by atoms with Crippen LogP contribution in [0, 0.1) is 0 Å². The van der Waals surface area contributed by atoms with E-state index in [1.807, 2.05) is 14.2 Å². The first kappa shape index (κ1) is 17.2. The molecule has 23 heavy (non-hydrogen) atoms. The van der Waals surface area contributed by atoms with E-state index in [0.717, 1.165) is 25.9 Å². The van der Waals surface area contributed by atoms with Crippen LogP contribution in [-0.4, -0.2) is 90.7 Å². The Labute approximate surface area is 137 Å². The number of likely N-dealkylation sites (tertiary alicyclic amines) is 1. The third-order valence-electron chi connectivity index (χ3n) is 4.73. The molecule has 3 aliphatic heterocycles. The fraction of sp³-hybridized carbons (Fsp3) is 0.929. The maximum atomic E-state index is 14.2. The number of morpholine rings is 2. The van der Waals surface area contributed by atoms with Crippen molar-refractivity contribution in [1.82, 2.24) is 14.2 Å². The van der Waals surface area contributed by atoms with E-state index in [9.17, 15) is 9.77 Å². The Kier molecular flexibility index (Phi) is 5.93. The summed E-state index contributed by atoms with van der Waals surface area (Å²) in [6, 6.07) is 0. The van der Waals surface area contributed by atoms with Gasteiger partial charge < -0.3 is 19.6 Å². The first-order chi connectivity index (χ1) is 11.3. The summed E-state index contributed by atoms with van der Waals surface area (Å²) < 4.78 is 28.9. The van der Waals surface area contributed by atoms with Gasteiger partial charge in [-0.15, -0.1) is 0 Å². The maximum absolute atomic E-state index is 14.2. The first-order valence-corrected chi connectivity index (χ1v) is 10.1. The third-order valence-corrected chi connectivity index (χ3v) is 7.96. The number of rotatable bonds is 3. The summed E-state index contributed by atoms with van der Waals surface area (Å²) in [4.78, 5) is 2.01. The van der Waals surface area contributed by atoms with Gasteiger partial charge in [0.05, 0.1) is 26.4 Å². The van der Waals surface area contributed by atoms with Crippen molar-refractivity contribution < 1.29 is 19.2 Å². The van der Waals surface area contributed by atoms with Gasteiger partial charge in [-0.3, -0.25) is 4.57 Å². The molecule has 0 amide bonds. The van der Waals surface area contributed by atoms with Gasteiger partial charge in [-0.25, -0.2) is 9.34 Å². The van der Waals surface area contributed by atoms with Crippen LogP contribution in [-0.2, 0) is 14.0 Å². The summed E-state index contributed by atoms with van der Waals surface area (Å²) in [6.45, 7) is 6.25. The monoisotopic (exact) mass is 346 g/mol. The van der Waals surface area contributed by atoms with Crippen LogP contribution in [0.2, 0.25) is 0 Å². The Balaban J connectivity index is 1.90. The molecule has 3 saturated heterocycles. The lowest BCUT2D eigenvalue weighted by molar-refractivity contribution is 0.0536. The van der Waals surface area contributed by atoms with Gasteiger partial charge in [-0.05, 0) is 19.3 Å². The molecule has 0 aromatic rings. The first-order valence-electron chi connectivity index (χ1n) is 8.51. The van der Waals surface area contributed by atoms with Crippen molar-refractivity contribution in [3.05, 3.63) is 0 Å². The minimum atomic E-state index is -3.12. The van der Waals surface area contributed by atoms with Crippen LogP contribution in [0.3, 0.4) is 0 Å². The minimum absolute atomic E-state index is 0.348. The highest BCUT2D eigenvalue weighted by Crippen LogP contribution is 2.56. The lowest BCUT2D eigenvalue weighted by Gasteiger charge is -2.44. The average Bonchev–Trinajstić information content (AvgIpc) is 2.64. The number of nitrogens with zero attached hydrogens (tertiary/aromatic N) is 4. The predicted octanol–water partition coefficient (Wildman–Crippen LogP) is 1.07. The third kappa shape index (κ3) is 3.56. The topological polar surface area (TPSA) is 77.8 Å². The molecular formula is C14H27N4O4P. The number of hydrogen-bond donors (Lipinski definition) is 1. The summed E-state index contributed by atoms with van der Waals surface area (Å²) in [5, 5.41) is 13.3. The Bertz CT molecular complexity index is 436. The van der Waals surface area contributed by atoms with Gasteiger partial charge in [0, 0.05) is 39.3 Å². The standard InChI is InChI=1S/C14H27N4O4P/c19-15-14(16-4-2-1-3-5-16)23(20,17-6-10-21-11-7-17)18-8-12-22-13-9-18/h19H,1-13H2/b15-14+. The molecule has 0 saturated carbocycles. The van der Waals surface area contributed by atoms with E-state index in [-0.39, 0.29) is 0 Å². The maximum Gasteiger partial charge on any atom is 0.283 e. The van der Waals surface area contributed by atoms with Crippen molar-refractivity contribution in [2.24, 2.45) is 5.16 Å². The van der Waals surface area contributed by atoms with E-state index >= 15 is 0 Å². The molecule has 0 radical (unpaired) electrons. The van der Waals surface area contributed by atoms with Crippen LogP contribution in [0.25, 0.3) is 0 Å². The summed E-state index contributed by atoms with van der Waals surface area (Å²) in [7, 11) is -3.12. The van der Waals surface area contributed by atoms with Crippen LogP contribution in [0.4, 0.5) is 0 Å². The van der Waals surface area contributed by atoms with Gasteiger partial charge in [0.25, 0.3) is 7.44 Å². The molecule has 3 aliphatic rings. The zero-order valence-corrected chi connectivity index (χ0v) is 14.5. The Morgan fingerprint density at radius 1 is 0.826 bits per heavy atom. The summed E-state index contributed by atoms with van der Waals surface area (Å²) in [5.74, 6) is 0. The fourth-order valence-corrected chi connectivity index (χ4v) is 6.44. The molecule has 0 aliphatic carbocycles. The highest BCUT2D eigenvalue weighted by molar-refractivity contribution is 7.76. The average molecular weight is 346 g/mol. The van der Waals surface area contributed by atoms with Crippen molar-refractivity contribution in [3.63, 3.8) is 0 Å². The number of piperidine rings is 1. The van der Waals surface area contributed by atoms with E-state index in [1.165, 1.54) is 6.42 Å². The SMILES string of the molecule is O=P(/C(=N/O)N1CCCCC1)(N1CCOCC1)N1CCOCC1. The second-order valence-electron chi connectivity index (χ2n) is 6.12. The molecule has 0 atom stereocenters. The van der Waals surface area contributed by atoms with Gasteiger partial charge in [0.15, 0.2) is 0 Å². The lowest BCUT2D eigenvalue weighted by Crippen LogP contribution is -2.49. The number of oxime groups is 1. The van der Waals surface area contributed by atoms with Crippen LogP contribution in [0.1, 0.15) is 19.3 Å². The number of hydrogen-bond acceptors (Lipinski definition) is 5. The highest BCUT2D eigenvalue weighted by atomic mass is 31.2. The molecule has 9 heteroatoms. The summed E-state index contributed by atoms with van der Waals surface area (Å²) >= 11 is 0. The van der Waals surface area contributed by atoms with Gasteiger partial charge in [-0.2, -0.15) is 0 Å². The van der Waals surface area contributed by atoms with E-state index < -0.39 is 7.44 Å². The quantitative estimate of drug-likeness (QED) is 0.269. The summed E-state index contributed by atoms with van der Waals surface area (Å²) in [5.41, 5.74) is 0.348. The molecule has 3 heterocycles. The zero-order chi connectivity index (χ0) is 16.1. The molecule has 0 spiro atoms. The second-order valence-corrected chi connectivity index (χ2v) is 8.74. The molecule has 0 aromatic heterocycles. The van der Waals surface area contributed by atoms with Crippen molar-refractivity contribution in [3.8, 4) is 0 Å². The highest BCUT2D eigenvalue weighted by Gasteiger charge is 2.46. The molecule has 0 aromatic carbocycles. The molecule has 132 valence electrons. The number of amidine groups is 1. The van der Waals surface area contributed by atoms with Crippen LogP contribution in [0.5, 0.6) is 0 Å².